The minimum atomic E-state index is -0.762. The molecule has 80 valence electrons. The van der Waals surface area contributed by atoms with Crippen molar-refractivity contribution in [3.05, 3.63) is 35.4 Å². The molecule has 1 N–H and O–H groups in total. The van der Waals surface area contributed by atoms with Crippen molar-refractivity contribution in [1.29, 1.82) is 0 Å². The second kappa shape index (κ2) is 4.47. The van der Waals surface area contributed by atoms with Gasteiger partial charge in [-0.25, -0.2) is 0 Å². The minimum absolute atomic E-state index is 0.129. The third-order valence-electron chi connectivity index (χ3n) is 3.13. The molecule has 1 fully saturated rings. The molecule has 0 heterocycles. The number of benzene rings is 1. The Balaban J connectivity index is 1.93. The van der Waals surface area contributed by atoms with Gasteiger partial charge in [0.2, 0.25) is 0 Å². The van der Waals surface area contributed by atoms with Gasteiger partial charge in [0, 0.05) is 0 Å². The summed E-state index contributed by atoms with van der Waals surface area (Å²) in [6.07, 6.45) is 5.38. The molecule has 2 nitrogen and oxygen atoms in total. The lowest BCUT2D eigenvalue weighted by atomic mass is 9.81. The molecule has 1 aromatic rings. The Morgan fingerprint density at radius 1 is 1.20 bits per heavy atom. The standard InChI is InChI=1S/C13H16O2/c14-13(15)9-12-6-4-11(5-7-12)8-10-2-1-3-10/h4-7,10H,1-3,8-9H2,(H,14,15). The third-order valence-corrected chi connectivity index (χ3v) is 3.13. The summed E-state index contributed by atoms with van der Waals surface area (Å²) in [5, 5.41) is 8.63. The molecule has 0 atom stereocenters. The van der Waals surface area contributed by atoms with Crippen LogP contribution in [0, 0.1) is 5.92 Å². The van der Waals surface area contributed by atoms with Gasteiger partial charge in [-0.3, -0.25) is 4.79 Å². The molecule has 1 aliphatic rings. The Morgan fingerprint density at radius 2 is 1.80 bits per heavy atom. The quantitative estimate of drug-likeness (QED) is 0.818. The monoisotopic (exact) mass is 204 g/mol. The molecule has 0 amide bonds. The van der Waals surface area contributed by atoms with Crippen molar-refractivity contribution >= 4 is 5.97 Å². The molecular weight excluding hydrogens is 188 g/mol. The van der Waals surface area contributed by atoms with Crippen LogP contribution in [0.3, 0.4) is 0 Å². The van der Waals surface area contributed by atoms with Gasteiger partial charge in [0.25, 0.3) is 0 Å². The minimum Gasteiger partial charge on any atom is -0.481 e. The molecule has 1 saturated carbocycles. The number of carboxylic acids is 1. The molecule has 0 aromatic heterocycles. The number of aliphatic carboxylic acids is 1. The van der Waals surface area contributed by atoms with Crippen molar-refractivity contribution in [2.45, 2.75) is 32.1 Å². The van der Waals surface area contributed by atoms with Crippen LogP contribution < -0.4 is 0 Å². The van der Waals surface area contributed by atoms with Gasteiger partial charge < -0.3 is 5.11 Å². The maximum absolute atomic E-state index is 10.5. The predicted molar refractivity (Wildman–Crippen MR) is 58.8 cm³/mol. The maximum atomic E-state index is 10.5. The van der Waals surface area contributed by atoms with E-state index in [1.54, 1.807) is 0 Å². The summed E-state index contributed by atoms with van der Waals surface area (Å²) in [6, 6.07) is 8.00. The van der Waals surface area contributed by atoms with Crippen molar-refractivity contribution in [1.82, 2.24) is 0 Å². The Morgan fingerprint density at radius 3 is 2.27 bits per heavy atom. The lowest BCUT2D eigenvalue weighted by Gasteiger charge is -2.25. The molecule has 0 spiro atoms. The average molecular weight is 204 g/mol. The summed E-state index contributed by atoms with van der Waals surface area (Å²) in [4.78, 5) is 10.5. The van der Waals surface area contributed by atoms with E-state index in [0.29, 0.717) is 0 Å². The summed E-state index contributed by atoms with van der Waals surface area (Å²) < 4.78 is 0. The lowest BCUT2D eigenvalue weighted by Crippen LogP contribution is -2.13. The molecule has 0 aliphatic heterocycles. The second-order valence-corrected chi connectivity index (χ2v) is 4.39. The first kappa shape index (κ1) is 10.2. The van der Waals surface area contributed by atoms with Gasteiger partial charge in [0.05, 0.1) is 6.42 Å². The van der Waals surface area contributed by atoms with Crippen LogP contribution in [0.4, 0.5) is 0 Å². The molecule has 15 heavy (non-hydrogen) atoms. The zero-order chi connectivity index (χ0) is 10.7. The Bertz CT molecular complexity index is 336. The van der Waals surface area contributed by atoms with E-state index in [4.69, 9.17) is 5.11 Å². The van der Waals surface area contributed by atoms with Crippen LogP contribution in [0.2, 0.25) is 0 Å². The maximum Gasteiger partial charge on any atom is 0.307 e. The molecule has 2 rings (SSSR count). The first-order chi connectivity index (χ1) is 7.24. The Hall–Kier alpha value is -1.31. The summed E-state index contributed by atoms with van der Waals surface area (Å²) in [5.41, 5.74) is 2.23. The highest BCUT2D eigenvalue weighted by atomic mass is 16.4. The fraction of sp³-hybridized carbons (Fsp3) is 0.462. The molecule has 0 bridgehead atoms. The van der Waals surface area contributed by atoms with E-state index in [1.165, 1.54) is 24.8 Å². The summed E-state index contributed by atoms with van der Waals surface area (Å²) in [6.45, 7) is 0. The zero-order valence-electron chi connectivity index (χ0n) is 8.78. The Kier molecular flexibility index (Phi) is 3.05. The van der Waals surface area contributed by atoms with Gasteiger partial charge in [-0.2, -0.15) is 0 Å². The Labute approximate surface area is 89.9 Å². The van der Waals surface area contributed by atoms with Gasteiger partial charge in [-0.05, 0) is 23.5 Å². The van der Waals surface area contributed by atoms with Gasteiger partial charge in [0.15, 0.2) is 0 Å². The first-order valence-corrected chi connectivity index (χ1v) is 5.53. The van der Waals surface area contributed by atoms with Gasteiger partial charge in [0.1, 0.15) is 0 Å². The first-order valence-electron chi connectivity index (χ1n) is 5.53. The largest absolute Gasteiger partial charge is 0.481 e. The smallest absolute Gasteiger partial charge is 0.307 e. The number of hydrogen-bond donors (Lipinski definition) is 1. The van der Waals surface area contributed by atoms with Crippen molar-refractivity contribution in [2.75, 3.05) is 0 Å². The van der Waals surface area contributed by atoms with E-state index in [9.17, 15) is 4.79 Å². The van der Waals surface area contributed by atoms with Crippen LogP contribution in [0.15, 0.2) is 24.3 Å². The highest BCUT2D eigenvalue weighted by Crippen LogP contribution is 2.29. The van der Waals surface area contributed by atoms with Crippen molar-refractivity contribution in [3.8, 4) is 0 Å². The van der Waals surface area contributed by atoms with E-state index >= 15 is 0 Å². The summed E-state index contributed by atoms with van der Waals surface area (Å²) in [7, 11) is 0. The van der Waals surface area contributed by atoms with Crippen LogP contribution in [-0.2, 0) is 17.6 Å². The van der Waals surface area contributed by atoms with Gasteiger partial charge in [-0.15, -0.1) is 0 Å². The van der Waals surface area contributed by atoms with E-state index < -0.39 is 5.97 Å². The highest BCUT2D eigenvalue weighted by Gasteiger charge is 2.17. The molecule has 0 radical (unpaired) electrons. The van der Waals surface area contributed by atoms with Crippen LogP contribution in [-0.4, -0.2) is 11.1 Å². The molecule has 2 heteroatoms. The zero-order valence-corrected chi connectivity index (χ0v) is 8.78. The number of carboxylic acid groups (broad SMARTS) is 1. The number of carbonyl (C=O) groups is 1. The summed E-state index contributed by atoms with van der Waals surface area (Å²) in [5.74, 6) is 0.108. The molecular formula is C13H16O2. The molecule has 0 saturated heterocycles. The molecule has 1 aliphatic carbocycles. The van der Waals surface area contributed by atoms with E-state index in [0.717, 1.165) is 17.9 Å². The predicted octanol–water partition coefficient (Wildman–Crippen LogP) is 2.66. The van der Waals surface area contributed by atoms with Gasteiger partial charge >= 0.3 is 5.97 Å². The van der Waals surface area contributed by atoms with Crippen LogP contribution >= 0.6 is 0 Å². The third kappa shape index (κ3) is 2.82. The SMILES string of the molecule is O=C(O)Cc1ccc(CC2CCC2)cc1. The van der Waals surface area contributed by atoms with E-state index in [1.807, 2.05) is 12.1 Å². The average Bonchev–Trinajstić information content (AvgIpc) is 2.13. The molecule has 1 aromatic carbocycles. The normalized spacial score (nSPS) is 16.0. The molecule has 0 unspecified atom stereocenters. The van der Waals surface area contributed by atoms with E-state index in [-0.39, 0.29) is 6.42 Å². The van der Waals surface area contributed by atoms with Crippen molar-refractivity contribution in [3.63, 3.8) is 0 Å². The number of rotatable bonds is 4. The van der Waals surface area contributed by atoms with Crippen LogP contribution in [0.25, 0.3) is 0 Å². The fourth-order valence-electron chi connectivity index (χ4n) is 2.00. The van der Waals surface area contributed by atoms with Crippen molar-refractivity contribution < 1.29 is 9.90 Å². The second-order valence-electron chi connectivity index (χ2n) is 4.39. The van der Waals surface area contributed by atoms with Gasteiger partial charge in [-0.1, -0.05) is 43.5 Å². The summed E-state index contributed by atoms with van der Waals surface area (Å²) >= 11 is 0. The van der Waals surface area contributed by atoms with E-state index in [2.05, 4.69) is 12.1 Å². The fourth-order valence-corrected chi connectivity index (χ4v) is 2.00. The van der Waals surface area contributed by atoms with Crippen LogP contribution in [0.1, 0.15) is 30.4 Å². The van der Waals surface area contributed by atoms with Crippen molar-refractivity contribution in [2.24, 2.45) is 5.92 Å². The number of hydrogen-bond acceptors (Lipinski definition) is 1. The lowest BCUT2D eigenvalue weighted by molar-refractivity contribution is -0.136. The van der Waals surface area contributed by atoms with Crippen LogP contribution in [0.5, 0.6) is 0 Å². The topological polar surface area (TPSA) is 37.3 Å². The highest BCUT2D eigenvalue weighted by molar-refractivity contribution is 5.70.